The Balaban J connectivity index is 1.67. The van der Waals surface area contributed by atoms with E-state index in [4.69, 9.17) is 5.73 Å². The highest BCUT2D eigenvalue weighted by molar-refractivity contribution is 7.99. The summed E-state index contributed by atoms with van der Waals surface area (Å²) in [6.07, 6.45) is 0. The van der Waals surface area contributed by atoms with Gasteiger partial charge in [-0.2, -0.15) is 0 Å². The van der Waals surface area contributed by atoms with Gasteiger partial charge in [0, 0.05) is 5.69 Å². The predicted octanol–water partition coefficient (Wildman–Crippen LogP) is 2.89. The van der Waals surface area contributed by atoms with Crippen molar-refractivity contribution in [1.29, 1.82) is 0 Å². The molecule has 24 heavy (non-hydrogen) atoms. The van der Waals surface area contributed by atoms with Crippen LogP contribution in [0, 0.1) is 6.92 Å². The zero-order valence-corrected chi connectivity index (χ0v) is 14.0. The number of nitrogens with one attached hydrogen (secondary N) is 1. The van der Waals surface area contributed by atoms with Crippen molar-refractivity contribution < 1.29 is 4.79 Å². The quantitative estimate of drug-likeness (QED) is 0.698. The van der Waals surface area contributed by atoms with Crippen molar-refractivity contribution in [3.8, 4) is 5.69 Å². The number of aryl methyl sites for hydroxylation is 1. The maximum absolute atomic E-state index is 12.1. The lowest BCUT2D eigenvalue weighted by Gasteiger charge is -2.08. The summed E-state index contributed by atoms with van der Waals surface area (Å²) in [7, 11) is 0. The Morgan fingerprint density at radius 3 is 2.54 bits per heavy atom. The molecule has 1 amide bonds. The molecular formula is C17H17N5OS. The molecule has 0 radical (unpaired) electrons. The largest absolute Gasteiger partial charge is 0.368 e. The SMILES string of the molecule is Cc1ccc(NC(=O)CSc2nnc(N)n2-c2ccccc2)cc1. The van der Waals surface area contributed by atoms with Crippen LogP contribution < -0.4 is 11.1 Å². The molecule has 1 aromatic heterocycles. The van der Waals surface area contributed by atoms with Gasteiger partial charge in [-0.3, -0.25) is 9.36 Å². The van der Waals surface area contributed by atoms with E-state index in [2.05, 4.69) is 15.5 Å². The maximum Gasteiger partial charge on any atom is 0.234 e. The topological polar surface area (TPSA) is 85.8 Å². The van der Waals surface area contributed by atoms with Crippen molar-refractivity contribution in [1.82, 2.24) is 14.8 Å². The van der Waals surface area contributed by atoms with Gasteiger partial charge in [-0.1, -0.05) is 47.7 Å². The van der Waals surface area contributed by atoms with Gasteiger partial charge in [-0.15, -0.1) is 10.2 Å². The first kappa shape index (κ1) is 16.1. The highest BCUT2D eigenvalue weighted by Gasteiger charge is 2.13. The van der Waals surface area contributed by atoms with Gasteiger partial charge in [0.25, 0.3) is 0 Å². The number of amides is 1. The lowest BCUT2D eigenvalue weighted by molar-refractivity contribution is -0.113. The van der Waals surface area contributed by atoms with Crippen LogP contribution in [0.3, 0.4) is 0 Å². The van der Waals surface area contributed by atoms with E-state index in [1.54, 1.807) is 4.57 Å². The zero-order valence-electron chi connectivity index (χ0n) is 13.1. The van der Waals surface area contributed by atoms with Crippen molar-refractivity contribution in [3.63, 3.8) is 0 Å². The number of thioether (sulfide) groups is 1. The van der Waals surface area contributed by atoms with E-state index < -0.39 is 0 Å². The Bertz CT molecular complexity index is 830. The lowest BCUT2D eigenvalue weighted by Crippen LogP contribution is -2.14. The van der Waals surface area contributed by atoms with Gasteiger partial charge < -0.3 is 11.1 Å². The van der Waals surface area contributed by atoms with Gasteiger partial charge in [-0.25, -0.2) is 0 Å². The van der Waals surface area contributed by atoms with E-state index >= 15 is 0 Å². The summed E-state index contributed by atoms with van der Waals surface area (Å²) in [5.74, 6) is 0.409. The van der Waals surface area contributed by atoms with Gasteiger partial charge in [0.1, 0.15) is 0 Å². The smallest absolute Gasteiger partial charge is 0.234 e. The highest BCUT2D eigenvalue weighted by atomic mass is 32.2. The molecule has 3 rings (SSSR count). The second-order valence-corrected chi connectivity index (χ2v) is 6.16. The second-order valence-electron chi connectivity index (χ2n) is 5.21. The summed E-state index contributed by atoms with van der Waals surface area (Å²) < 4.78 is 1.73. The zero-order chi connectivity index (χ0) is 16.9. The molecule has 1 heterocycles. The number of rotatable bonds is 5. The van der Waals surface area contributed by atoms with Crippen LogP contribution >= 0.6 is 11.8 Å². The van der Waals surface area contributed by atoms with Crippen LogP contribution in [0.4, 0.5) is 11.6 Å². The number of anilines is 2. The van der Waals surface area contributed by atoms with Gasteiger partial charge in [-0.05, 0) is 31.2 Å². The molecule has 0 aliphatic carbocycles. The third-order valence-electron chi connectivity index (χ3n) is 3.34. The summed E-state index contributed by atoms with van der Waals surface area (Å²) in [5, 5.41) is 11.4. The van der Waals surface area contributed by atoms with E-state index in [-0.39, 0.29) is 11.7 Å². The molecular weight excluding hydrogens is 322 g/mol. The Morgan fingerprint density at radius 1 is 1.12 bits per heavy atom. The first-order valence-electron chi connectivity index (χ1n) is 7.39. The van der Waals surface area contributed by atoms with Crippen LogP contribution in [0.25, 0.3) is 5.69 Å². The van der Waals surface area contributed by atoms with E-state index in [9.17, 15) is 4.79 Å². The number of carbonyl (C=O) groups is 1. The van der Waals surface area contributed by atoms with Gasteiger partial charge in [0.2, 0.25) is 11.9 Å². The van der Waals surface area contributed by atoms with Crippen molar-refractivity contribution in [2.24, 2.45) is 0 Å². The van der Waals surface area contributed by atoms with Crippen LogP contribution in [0.1, 0.15) is 5.56 Å². The predicted molar refractivity (Wildman–Crippen MR) is 96.3 cm³/mol. The molecule has 2 aromatic carbocycles. The Hall–Kier alpha value is -2.80. The molecule has 0 unspecified atom stereocenters. The molecule has 3 aromatic rings. The summed E-state index contributed by atoms with van der Waals surface area (Å²) >= 11 is 1.29. The van der Waals surface area contributed by atoms with Crippen LogP contribution in [0.2, 0.25) is 0 Å². The minimum Gasteiger partial charge on any atom is -0.368 e. The summed E-state index contributed by atoms with van der Waals surface area (Å²) in [4.78, 5) is 12.1. The van der Waals surface area contributed by atoms with E-state index in [1.165, 1.54) is 11.8 Å². The molecule has 0 aliphatic heterocycles. The van der Waals surface area contributed by atoms with Crippen molar-refractivity contribution in [2.75, 3.05) is 16.8 Å². The molecule has 3 N–H and O–H groups in total. The van der Waals surface area contributed by atoms with E-state index in [1.807, 2.05) is 61.5 Å². The van der Waals surface area contributed by atoms with Crippen LogP contribution in [0.15, 0.2) is 59.8 Å². The van der Waals surface area contributed by atoms with Gasteiger partial charge >= 0.3 is 0 Å². The second kappa shape index (κ2) is 7.18. The number of para-hydroxylation sites is 1. The van der Waals surface area contributed by atoms with Crippen LogP contribution in [0.5, 0.6) is 0 Å². The fourth-order valence-corrected chi connectivity index (χ4v) is 2.92. The van der Waals surface area contributed by atoms with Crippen molar-refractivity contribution >= 4 is 29.3 Å². The first-order valence-corrected chi connectivity index (χ1v) is 8.37. The first-order chi connectivity index (χ1) is 11.6. The third-order valence-corrected chi connectivity index (χ3v) is 4.27. The van der Waals surface area contributed by atoms with Crippen LogP contribution in [-0.4, -0.2) is 26.4 Å². The molecule has 7 heteroatoms. The van der Waals surface area contributed by atoms with E-state index in [0.29, 0.717) is 11.1 Å². The number of benzene rings is 2. The van der Waals surface area contributed by atoms with Gasteiger partial charge in [0.15, 0.2) is 5.16 Å². The summed E-state index contributed by atoms with van der Waals surface area (Å²) in [6.45, 7) is 2.00. The molecule has 6 nitrogen and oxygen atoms in total. The van der Waals surface area contributed by atoms with Crippen LogP contribution in [-0.2, 0) is 4.79 Å². The molecule has 0 saturated carbocycles. The summed E-state index contributed by atoms with van der Waals surface area (Å²) in [5.41, 5.74) is 8.68. The average molecular weight is 339 g/mol. The standard InChI is InChI=1S/C17H17N5OS/c1-12-7-9-13(10-8-12)19-15(23)11-24-17-21-20-16(18)22(17)14-5-3-2-4-6-14/h2-10H,11H2,1H3,(H2,18,20)(H,19,23). The number of hydrogen-bond acceptors (Lipinski definition) is 5. The molecule has 122 valence electrons. The molecule has 0 bridgehead atoms. The molecule has 0 fully saturated rings. The normalized spacial score (nSPS) is 10.5. The van der Waals surface area contributed by atoms with Crippen molar-refractivity contribution in [2.45, 2.75) is 12.1 Å². The lowest BCUT2D eigenvalue weighted by atomic mass is 10.2. The Kier molecular flexibility index (Phi) is 4.81. The monoisotopic (exact) mass is 339 g/mol. The maximum atomic E-state index is 12.1. The molecule has 0 aliphatic rings. The number of nitrogen functional groups attached to an aromatic ring is 1. The number of carbonyl (C=O) groups excluding carboxylic acids is 1. The van der Waals surface area contributed by atoms with Crippen molar-refractivity contribution in [3.05, 3.63) is 60.2 Å². The third kappa shape index (κ3) is 3.75. The molecule has 0 atom stereocenters. The fourth-order valence-electron chi connectivity index (χ4n) is 2.16. The number of aromatic nitrogens is 3. The Morgan fingerprint density at radius 2 is 1.83 bits per heavy atom. The minimum absolute atomic E-state index is 0.106. The fraction of sp³-hybridized carbons (Fsp3) is 0.118. The Labute approximate surface area is 144 Å². The summed E-state index contributed by atoms with van der Waals surface area (Å²) in [6, 6.07) is 17.2. The number of nitrogens with two attached hydrogens (primary N) is 1. The highest BCUT2D eigenvalue weighted by Crippen LogP contribution is 2.23. The number of hydrogen-bond donors (Lipinski definition) is 2. The van der Waals surface area contributed by atoms with E-state index in [0.717, 1.165) is 16.9 Å². The number of nitrogens with zero attached hydrogens (tertiary/aromatic N) is 3. The molecule has 0 saturated heterocycles. The van der Waals surface area contributed by atoms with Gasteiger partial charge in [0.05, 0.1) is 11.4 Å². The minimum atomic E-state index is -0.106. The average Bonchev–Trinajstić information content (AvgIpc) is 2.96. The molecule has 0 spiro atoms.